The van der Waals surface area contributed by atoms with Gasteiger partial charge in [0.1, 0.15) is 11.3 Å². The molecule has 8 rings (SSSR count). The summed E-state index contributed by atoms with van der Waals surface area (Å²) < 4.78 is 21.2. The number of amides is 1. The van der Waals surface area contributed by atoms with Crippen LogP contribution in [0.15, 0.2) is 54.6 Å². The lowest BCUT2D eigenvalue weighted by Gasteiger charge is -2.27. The maximum Gasteiger partial charge on any atom is 0.308 e. The Hall–Kier alpha value is -4.79. The van der Waals surface area contributed by atoms with Crippen LogP contribution in [0.4, 0.5) is 0 Å². The van der Waals surface area contributed by atoms with Gasteiger partial charge in [0.2, 0.25) is 0 Å². The Bertz CT molecular complexity index is 2040. The van der Waals surface area contributed by atoms with Gasteiger partial charge in [-0.3, -0.25) is 9.59 Å². The molecule has 2 unspecified atom stereocenters. The quantitative estimate of drug-likeness (QED) is 0.140. The van der Waals surface area contributed by atoms with Crippen molar-refractivity contribution in [2.75, 3.05) is 20.8 Å². The van der Waals surface area contributed by atoms with Gasteiger partial charge in [-0.1, -0.05) is 18.2 Å². The molecule has 5 aromatic rings. The zero-order valence-corrected chi connectivity index (χ0v) is 26.7. The van der Waals surface area contributed by atoms with Gasteiger partial charge in [-0.25, -0.2) is 4.98 Å². The molecule has 2 saturated carbocycles. The van der Waals surface area contributed by atoms with Crippen molar-refractivity contribution in [3.05, 3.63) is 60.2 Å². The second-order valence-corrected chi connectivity index (χ2v) is 13.1. The van der Waals surface area contributed by atoms with E-state index >= 15 is 0 Å². The molecular formula is C37H38N4O5. The highest BCUT2D eigenvalue weighted by atomic mass is 16.6. The average molecular weight is 619 g/mol. The van der Waals surface area contributed by atoms with Crippen molar-refractivity contribution in [3.63, 3.8) is 0 Å². The van der Waals surface area contributed by atoms with Gasteiger partial charge in [0.05, 0.1) is 25.4 Å². The van der Waals surface area contributed by atoms with Crippen molar-refractivity contribution in [1.29, 1.82) is 0 Å². The second kappa shape index (κ2) is 10.9. The Kier molecular flexibility index (Phi) is 6.81. The Morgan fingerprint density at radius 1 is 0.891 bits per heavy atom. The maximum atomic E-state index is 13.7. The number of carbonyl (C=O) groups excluding carboxylic acids is 2. The SMILES string of the molecule is COc1cc(-c2ccc3cc(-c4nc5cc(C(=O)N6CC7CCC6C7)cc(OC)c5n4C)n(CC4CC4)c3c2)ccc1OC(C)=O. The number of aromatic nitrogens is 3. The fourth-order valence-electron chi connectivity index (χ4n) is 7.62. The van der Waals surface area contributed by atoms with Gasteiger partial charge in [0.15, 0.2) is 17.3 Å². The number of methoxy groups -OCH3 is 2. The minimum Gasteiger partial charge on any atom is -0.494 e. The molecule has 0 radical (unpaired) electrons. The maximum absolute atomic E-state index is 13.7. The third-order valence-electron chi connectivity index (χ3n) is 10.1. The van der Waals surface area contributed by atoms with Crippen LogP contribution in [0.1, 0.15) is 49.4 Å². The van der Waals surface area contributed by atoms with E-state index in [1.807, 2.05) is 31.3 Å². The largest absolute Gasteiger partial charge is 0.494 e. The van der Waals surface area contributed by atoms with Crippen LogP contribution in [0.3, 0.4) is 0 Å². The third-order valence-corrected chi connectivity index (χ3v) is 10.1. The van der Waals surface area contributed by atoms with Crippen LogP contribution in [0.2, 0.25) is 0 Å². The third kappa shape index (κ3) is 4.80. The molecule has 236 valence electrons. The van der Waals surface area contributed by atoms with Crippen molar-refractivity contribution in [1.82, 2.24) is 19.0 Å². The summed E-state index contributed by atoms with van der Waals surface area (Å²) in [4.78, 5) is 32.5. The molecule has 9 nitrogen and oxygen atoms in total. The molecule has 0 spiro atoms. The van der Waals surface area contributed by atoms with Crippen LogP contribution in [0.25, 0.3) is 44.6 Å². The highest BCUT2D eigenvalue weighted by Crippen LogP contribution is 2.41. The monoisotopic (exact) mass is 618 g/mol. The smallest absolute Gasteiger partial charge is 0.308 e. The second-order valence-electron chi connectivity index (χ2n) is 13.1. The van der Waals surface area contributed by atoms with Crippen molar-refractivity contribution < 1.29 is 23.8 Å². The number of piperidine rings is 1. The summed E-state index contributed by atoms with van der Waals surface area (Å²) in [6.07, 6.45) is 5.89. The molecule has 46 heavy (non-hydrogen) atoms. The summed E-state index contributed by atoms with van der Waals surface area (Å²) in [6.45, 7) is 3.13. The van der Waals surface area contributed by atoms with Crippen molar-refractivity contribution in [2.45, 2.75) is 51.6 Å². The Balaban J connectivity index is 1.22. The molecule has 1 aliphatic heterocycles. The minimum atomic E-state index is -0.390. The zero-order chi connectivity index (χ0) is 31.7. The highest BCUT2D eigenvalue weighted by Gasteiger charge is 2.40. The van der Waals surface area contributed by atoms with E-state index in [9.17, 15) is 9.59 Å². The lowest BCUT2D eigenvalue weighted by atomic mass is 10.0. The van der Waals surface area contributed by atoms with Crippen LogP contribution in [0.5, 0.6) is 17.2 Å². The first-order chi connectivity index (χ1) is 22.3. The van der Waals surface area contributed by atoms with E-state index in [-0.39, 0.29) is 5.91 Å². The summed E-state index contributed by atoms with van der Waals surface area (Å²) in [7, 11) is 5.26. The van der Waals surface area contributed by atoms with Crippen molar-refractivity contribution in [2.24, 2.45) is 18.9 Å². The predicted molar refractivity (Wildman–Crippen MR) is 176 cm³/mol. The highest BCUT2D eigenvalue weighted by molar-refractivity contribution is 6.00. The fourth-order valence-corrected chi connectivity index (χ4v) is 7.62. The molecule has 2 aromatic heterocycles. The topological polar surface area (TPSA) is 87.8 Å². The standard InChI is InChI=1S/C37H38N4O5/c1-21(42)46-32-12-10-25(17-33(32)44-3)24-8-9-26-16-31(41(30(26)15-24)19-22-5-6-22)36-38-29-14-27(18-34(45-4)35(29)39(36)2)37(43)40-20-23-7-11-28(40)13-23/h8-10,12,14-18,22-23,28H,5-7,11,13,19-20H2,1-4H3. The number of likely N-dealkylation sites (tertiary alicyclic amines) is 1. The van der Waals surface area contributed by atoms with Gasteiger partial charge >= 0.3 is 5.97 Å². The number of benzene rings is 3. The molecular weight excluding hydrogens is 580 g/mol. The Morgan fingerprint density at radius 2 is 1.67 bits per heavy atom. The summed E-state index contributed by atoms with van der Waals surface area (Å²) in [5, 5.41) is 1.13. The van der Waals surface area contributed by atoms with Gasteiger partial charge in [0, 0.05) is 49.6 Å². The molecule has 3 aliphatic rings. The molecule has 1 saturated heterocycles. The number of hydrogen-bond acceptors (Lipinski definition) is 6. The van der Waals surface area contributed by atoms with Gasteiger partial charge in [-0.2, -0.15) is 0 Å². The van der Waals surface area contributed by atoms with Crippen LogP contribution >= 0.6 is 0 Å². The molecule has 2 bridgehead atoms. The lowest BCUT2D eigenvalue weighted by Crippen LogP contribution is -2.37. The molecule has 9 heteroatoms. The first kappa shape index (κ1) is 28.7. The predicted octanol–water partition coefficient (Wildman–Crippen LogP) is 6.84. The summed E-state index contributed by atoms with van der Waals surface area (Å²) >= 11 is 0. The Morgan fingerprint density at radius 3 is 2.37 bits per heavy atom. The number of rotatable bonds is 8. The van der Waals surface area contributed by atoms with E-state index in [1.54, 1.807) is 20.3 Å². The number of fused-ring (bicyclic) bond motifs is 4. The van der Waals surface area contributed by atoms with Crippen LogP contribution in [0, 0.1) is 11.8 Å². The van der Waals surface area contributed by atoms with E-state index < -0.39 is 5.97 Å². The van der Waals surface area contributed by atoms with E-state index in [4.69, 9.17) is 19.2 Å². The molecule has 3 aromatic carbocycles. The zero-order valence-electron chi connectivity index (χ0n) is 26.7. The number of hydrogen-bond donors (Lipinski definition) is 0. The Labute approximate surface area is 267 Å². The summed E-state index contributed by atoms with van der Waals surface area (Å²) in [5.74, 6) is 3.35. The van der Waals surface area contributed by atoms with Gasteiger partial charge in [0.25, 0.3) is 5.91 Å². The number of imidazole rings is 1. The number of carbonyl (C=O) groups is 2. The summed E-state index contributed by atoms with van der Waals surface area (Å²) in [5.41, 5.74) is 6.43. The van der Waals surface area contributed by atoms with Gasteiger partial charge in [-0.15, -0.1) is 0 Å². The van der Waals surface area contributed by atoms with E-state index in [0.29, 0.717) is 40.7 Å². The number of ether oxygens (including phenoxy) is 3. The first-order valence-electron chi connectivity index (χ1n) is 16.2. The van der Waals surface area contributed by atoms with Gasteiger partial charge in [-0.05, 0) is 91.5 Å². The lowest BCUT2D eigenvalue weighted by molar-refractivity contribution is -0.132. The number of aryl methyl sites for hydroxylation is 1. The van der Waals surface area contributed by atoms with E-state index in [1.165, 1.54) is 26.2 Å². The molecule has 2 atom stereocenters. The summed E-state index contributed by atoms with van der Waals surface area (Å²) in [6, 6.07) is 18.5. The normalized spacial score (nSPS) is 18.9. The fraction of sp³-hybridized carbons (Fsp3) is 0.378. The average Bonchev–Trinajstić information content (AvgIpc) is 3.34. The molecule has 3 heterocycles. The van der Waals surface area contributed by atoms with Crippen molar-refractivity contribution in [3.8, 4) is 39.9 Å². The van der Waals surface area contributed by atoms with E-state index in [0.717, 1.165) is 70.5 Å². The minimum absolute atomic E-state index is 0.0764. The first-order valence-corrected chi connectivity index (χ1v) is 16.2. The van der Waals surface area contributed by atoms with Crippen LogP contribution in [-0.2, 0) is 18.4 Å². The van der Waals surface area contributed by atoms with Gasteiger partial charge < -0.3 is 28.2 Å². The van der Waals surface area contributed by atoms with Crippen LogP contribution < -0.4 is 14.2 Å². The molecule has 3 fully saturated rings. The van der Waals surface area contributed by atoms with Crippen LogP contribution in [-0.4, -0.2) is 57.7 Å². The molecule has 1 amide bonds. The molecule has 2 aliphatic carbocycles. The molecule has 0 N–H and O–H groups in total. The van der Waals surface area contributed by atoms with E-state index in [2.05, 4.69) is 38.3 Å². The number of esters is 1. The van der Waals surface area contributed by atoms with Crippen molar-refractivity contribution >= 4 is 33.8 Å². The number of nitrogens with zero attached hydrogens (tertiary/aromatic N) is 4.